The number of benzene rings is 1. The summed E-state index contributed by atoms with van der Waals surface area (Å²) < 4.78 is 27.9. The highest BCUT2D eigenvalue weighted by atomic mass is 35.5. The molecule has 0 aromatic heterocycles. The summed E-state index contributed by atoms with van der Waals surface area (Å²) in [4.78, 5) is 12.6. The van der Waals surface area contributed by atoms with Gasteiger partial charge < -0.3 is 10.2 Å². The van der Waals surface area contributed by atoms with Gasteiger partial charge in [0.1, 0.15) is 23.9 Å². The Labute approximate surface area is 258 Å². The van der Waals surface area contributed by atoms with E-state index in [0.717, 1.165) is 54.5 Å². The van der Waals surface area contributed by atoms with E-state index in [-0.39, 0.29) is 11.1 Å². The van der Waals surface area contributed by atoms with Crippen molar-refractivity contribution in [2.24, 2.45) is 15.9 Å². The van der Waals surface area contributed by atoms with Crippen LogP contribution in [0.5, 0.6) is 0 Å². The van der Waals surface area contributed by atoms with Crippen LogP contribution in [-0.2, 0) is 0 Å². The number of nitrogens with one attached hydrogen (secondary N) is 1. The molecule has 224 valence electrons. The number of thioether (sulfide) groups is 1. The Bertz CT molecular complexity index is 1330. The highest BCUT2D eigenvalue weighted by Crippen LogP contribution is 2.45. The summed E-state index contributed by atoms with van der Waals surface area (Å²) in [5.41, 5.74) is 4.32. The van der Waals surface area contributed by atoms with Crippen LogP contribution in [0.15, 0.2) is 74.9 Å². The summed E-state index contributed by atoms with van der Waals surface area (Å²) >= 11 is 8.47. The molecule has 1 N–H and O–H groups in total. The van der Waals surface area contributed by atoms with Gasteiger partial charge in [0.05, 0.1) is 16.7 Å². The Kier molecular flexibility index (Phi) is 9.67. The third kappa shape index (κ3) is 6.79. The summed E-state index contributed by atoms with van der Waals surface area (Å²) in [5, 5.41) is 6.58. The average molecular weight is 611 g/mol. The van der Waals surface area contributed by atoms with E-state index in [9.17, 15) is 8.78 Å². The predicted octanol–water partition coefficient (Wildman–Crippen LogP) is 8.87. The number of allylic oxidation sites excluding steroid dienone is 4. The summed E-state index contributed by atoms with van der Waals surface area (Å²) in [7, 11) is 0. The van der Waals surface area contributed by atoms with Gasteiger partial charge in [0.15, 0.2) is 0 Å². The van der Waals surface area contributed by atoms with Crippen molar-refractivity contribution >= 4 is 34.9 Å². The van der Waals surface area contributed by atoms with Gasteiger partial charge in [-0.15, -0.1) is 11.8 Å². The molecular formula is C34H41ClF2N4S. The first-order valence-corrected chi connectivity index (χ1v) is 17.0. The third-order valence-corrected chi connectivity index (χ3v) is 10.5. The molecule has 5 aliphatic rings. The number of hydrogen-bond donors (Lipinski definition) is 1. The van der Waals surface area contributed by atoms with Crippen molar-refractivity contribution in [3.63, 3.8) is 0 Å². The summed E-state index contributed by atoms with van der Waals surface area (Å²) in [5.74, 6) is 1.64. The minimum Gasteiger partial charge on any atom is -0.331 e. The lowest BCUT2D eigenvalue weighted by molar-refractivity contribution is 0.429. The van der Waals surface area contributed by atoms with E-state index in [0.29, 0.717) is 16.8 Å². The average Bonchev–Trinajstić information content (AvgIpc) is 3.77. The van der Waals surface area contributed by atoms with Crippen LogP contribution in [0.3, 0.4) is 0 Å². The summed E-state index contributed by atoms with van der Waals surface area (Å²) in [6.45, 7) is 3.36. The minimum absolute atomic E-state index is 0.224. The number of amidine groups is 1. The van der Waals surface area contributed by atoms with Gasteiger partial charge in [-0.2, -0.15) is 0 Å². The van der Waals surface area contributed by atoms with Crippen LogP contribution in [0.25, 0.3) is 0 Å². The van der Waals surface area contributed by atoms with E-state index in [1.807, 2.05) is 12.2 Å². The molecular weight excluding hydrogens is 570 g/mol. The fourth-order valence-corrected chi connectivity index (χ4v) is 8.24. The normalized spacial score (nSPS) is 27.4. The first kappa shape index (κ1) is 29.8. The molecule has 1 saturated carbocycles. The van der Waals surface area contributed by atoms with E-state index in [2.05, 4.69) is 21.7 Å². The van der Waals surface area contributed by atoms with Crippen molar-refractivity contribution < 1.29 is 8.78 Å². The minimum atomic E-state index is -1.09. The molecule has 1 aromatic rings. The molecule has 1 saturated heterocycles. The second kappa shape index (κ2) is 13.6. The Balaban J connectivity index is 1.27. The molecule has 1 aliphatic carbocycles. The molecule has 1 aromatic carbocycles. The van der Waals surface area contributed by atoms with Gasteiger partial charge in [-0.3, -0.25) is 4.99 Å². The fraction of sp³-hybridized carbons (Fsp3) is 0.529. The zero-order chi connectivity index (χ0) is 29.1. The second-order valence-corrected chi connectivity index (χ2v) is 13.7. The molecule has 4 atom stereocenters. The maximum Gasteiger partial charge on any atom is 0.124 e. The first-order valence-electron chi connectivity index (χ1n) is 15.7. The van der Waals surface area contributed by atoms with Gasteiger partial charge in [0.2, 0.25) is 0 Å². The Morgan fingerprint density at radius 1 is 1.19 bits per heavy atom. The SMILES string of the molecule is CC(F)/C=C1\C=CC(C2=C3C[C@H](NCCCCCC4CCCC4)CN3C(C3CC=CS3)=N[C@H]2c2ccc(F)cc2Cl)=N1. The number of nitrogens with zero attached hydrogens (tertiary/aromatic N) is 3. The van der Waals surface area contributed by atoms with Crippen LogP contribution >= 0.6 is 23.4 Å². The van der Waals surface area contributed by atoms with Gasteiger partial charge in [-0.1, -0.05) is 68.7 Å². The zero-order valence-electron chi connectivity index (χ0n) is 24.4. The Morgan fingerprint density at radius 3 is 2.81 bits per heavy atom. The van der Waals surface area contributed by atoms with Crippen molar-refractivity contribution in [3.05, 3.63) is 81.3 Å². The van der Waals surface area contributed by atoms with Gasteiger partial charge in [-0.05, 0) is 68.0 Å². The molecule has 0 radical (unpaired) electrons. The van der Waals surface area contributed by atoms with E-state index >= 15 is 0 Å². The van der Waals surface area contributed by atoms with Gasteiger partial charge in [0.25, 0.3) is 0 Å². The Morgan fingerprint density at radius 2 is 2.05 bits per heavy atom. The topological polar surface area (TPSA) is 40.0 Å². The lowest BCUT2D eigenvalue weighted by atomic mass is 9.90. The molecule has 2 unspecified atom stereocenters. The number of halogens is 3. The molecule has 6 rings (SSSR count). The lowest BCUT2D eigenvalue weighted by Gasteiger charge is -2.35. The van der Waals surface area contributed by atoms with E-state index in [1.165, 1.54) is 82.2 Å². The van der Waals surface area contributed by atoms with Crippen molar-refractivity contribution in [1.29, 1.82) is 0 Å². The van der Waals surface area contributed by atoms with Crippen molar-refractivity contribution in [2.45, 2.75) is 94.6 Å². The fourth-order valence-electron chi connectivity index (χ4n) is 7.03. The maximum absolute atomic E-state index is 14.1. The molecule has 42 heavy (non-hydrogen) atoms. The molecule has 0 bridgehead atoms. The third-order valence-electron chi connectivity index (χ3n) is 9.06. The predicted molar refractivity (Wildman–Crippen MR) is 173 cm³/mol. The quantitative estimate of drug-likeness (QED) is 0.254. The standard InChI is InChI=1S/C34H41ClF2N4S/c1-22(36)18-25-13-15-29(39-25)32-30-20-26(38-16-6-2-3-8-23-9-4-5-10-23)21-41(30)34(31-11-7-17-42-31)40-33(32)27-14-12-24(37)19-28(27)35/h7,12-15,17-19,22-23,26,31,33,38H,2-6,8-11,16,20-21H2,1H3/b25-18+/t22?,26-,31?,33-/m0/s1. The number of aliphatic imine (C=N–C) groups is 2. The van der Waals surface area contributed by atoms with Crippen molar-refractivity contribution in [1.82, 2.24) is 10.2 Å². The molecule has 4 heterocycles. The van der Waals surface area contributed by atoms with Crippen LogP contribution in [0.2, 0.25) is 5.02 Å². The number of hydrogen-bond acceptors (Lipinski definition) is 5. The number of unbranched alkanes of at least 4 members (excludes halogenated alkanes) is 2. The van der Waals surface area contributed by atoms with Gasteiger partial charge in [-0.25, -0.2) is 13.8 Å². The second-order valence-electron chi connectivity index (χ2n) is 12.2. The zero-order valence-corrected chi connectivity index (χ0v) is 25.9. The van der Waals surface area contributed by atoms with Crippen LogP contribution < -0.4 is 5.32 Å². The summed E-state index contributed by atoms with van der Waals surface area (Å²) in [6, 6.07) is 4.44. The van der Waals surface area contributed by atoms with Gasteiger partial charge in [0, 0.05) is 40.9 Å². The Hall–Kier alpha value is -2.22. The number of alkyl halides is 1. The monoisotopic (exact) mass is 610 g/mol. The smallest absolute Gasteiger partial charge is 0.124 e. The van der Waals surface area contributed by atoms with Crippen molar-refractivity contribution in [2.75, 3.05) is 13.1 Å². The highest BCUT2D eigenvalue weighted by Gasteiger charge is 2.42. The van der Waals surface area contributed by atoms with E-state index in [1.54, 1.807) is 17.8 Å². The molecule has 0 amide bonds. The van der Waals surface area contributed by atoms with Gasteiger partial charge >= 0.3 is 0 Å². The van der Waals surface area contributed by atoms with Crippen LogP contribution in [0, 0.1) is 11.7 Å². The number of fused-ring (bicyclic) bond motifs is 1. The van der Waals surface area contributed by atoms with E-state index in [4.69, 9.17) is 21.6 Å². The summed E-state index contributed by atoms with van der Waals surface area (Å²) in [6.07, 6.45) is 19.1. The maximum atomic E-state index is 14.1. The van der Waals surface area contributed by atoms with Crippen LogP contribution in [0.1, 0.15) is 82.7 Å². The van der Waals surface area contributed by atoms with E-state index < -0.39 is 12.2 Å². The molecule has 4 aliphatic heterocycles. The van der Waals surface area contributed by atoms with Crippen LogP contribution in [-0.4, -0.2) is 47.0 Å². The van der Waals surface area contributed by atoms with Crippen LogP contribution in [0.4, 0.5) is 8.78 Å². The molecule has 4 nitrogen and oxygen atoms in total. The lowest BCUT2D eigenvalue weighted by Crippen LogP contribution is -2.41. The number of rotatable bonds is 11. The molecule has 2 fully saturated rings. The highest BCUT2D eigenvalue weighted by molar-refractivity contribution is 8.03. The molecule has 0 spiro atoms. The molecule has 8 heteroatoms. The largest absolute Gasteiger partial charge is 0.331 e. The first-order chi connectivity index (χ1) is 20.5. The van der Waals surface area contributed by atoms with Crippen molar-refractivity contribution in [3.8, 4) is 0 Å².